The first-order valence-corrected chi connectivity index (χ1v) is 11.6. The maximum Gasteiger partial charge on any atom is 0.331 e. The fourth-order valence-corrected chi connectivity index (χ4v) is 3.43. The third kappa shape index (κ3) is 5.35. The Morgan fingerprint density at radius 3 is 2.48 bits per heavy atom. The minimum absolute atomic E-state index is 0.0229. The predicted molar refractivity (Wildman–Crippen MR) is 117 cm³/mol. The highest BCUT2D eigenvalue weighted by molar-refractivity contribution is 7.92. The lowest BCUT2D eigenvalue weighted by molar-refractivity contribution is -0.141. The number of cyclic esters (lactones) is 1. The van der Waals surface area contributed by atoms with Gasteiger partial charge in [-0.2, -0.15) is 0 Å². The van der Waals surface area contributed by atoms with Crippen molar-refractivity contribution in [2.24, 2.45) is 0 Å². The summed E-state index contributed by atoms with van der Waals surface area (Å²) in [5.74, 6) is -0.851. The zero-order chi connectivity index (χ0) is 22.8. The van der Waals surface area contributed by atoms with Gasteiger partial charge in [0, 0.05) is 30.7 Å². The van der Waals surface area contributed by atoms with E-state index in [2.05, 4.69) is 9.97 Å². The number of hydrogen-bond donors (Lipinski definition) is 0. The number of nitrogens with zero attached hydrogens (tertiary/aromatic N) is 3. The molecule has 0 bridgehead atoms. The van der Waals surface area contributed by atoms with Crippen LogP contribution in [-0.2, 0) is 19.6 Å². The second-order valence-corrected chi connectivity index (χ2v) is 9.55. The van der Waals surface area contributed by atoms with Crippen molar-refractivity contribution >= 4 is 28.0 Å². The van der Waals surface area contributed by atoms with Gasteiger partial charge >= 0.3 is 5.97 Å². The third-order valence-corrected chi connectivity index (χ3v) is 5.93. The molecule has 1 aliphatic heterocycles. The molecular formula is C22H24FN3O4S. The maximum absolute atomic E-state index is 13.5. The van der Waals surface area contributed by atoms with Crippen molar-refractivity contribution in [2.75, 3.05) is 17.6 Å². The van der Waals surface area contributed by atoms with Crippen molar-refractivity contribution in [3.8, 4) is 11.3 Å². The number of carbonyl (C=O) groups excluding carboxylic acids is 1. The van der Waals surface area contributed by atoms with Crippen LogP contribution >= 0.6 is 0 Å². The topological polar surface area (TPSA) is 89.5 Å². The molecule has 1 aliphatic rings. The van der Waals surface area contributed by atoms with Crippen molar-refractivity contribution in [3.05, 3.63) is 59.6 Å². The zero-order valence-electron chi connectivity index (χ0n) is 17.7. The Morgan fingerprint density at radius 2 is 1.90 bits per heavy atom. The average Bonchev–Trinajstić information content (AvgIpc) is 2.71. The third-order valence-electron chi connectivity index (χ3n) is 4.77. The van der Waals surface area contributed by atoms with Gasteiger partial charge in [0.15, 0.2) is 0 Å². The van der Waals surface area contributed by atoms with Gasteiger partial charge in [-0.05, 0) is 36.3 Å². The molecule has 9 heteroatoms. The summed E-state index contributed by atoms with van der Waals surface area (Å²) in [6, 6.07) is 5.78. The number of aromatic nitrogens is 2. The van der Waals surface area contributed by atoms with Crippen LogP contribution in [0.5, 0.6) is 0 Å². The lowest BCUT2D eigenvalue weighted by Crippen LogP contribution is -2.27. The van der Waals surface area contributed by atoms with Crippen molar-refractivity contribution in [1.82, 2.24) is 9.97 Å². The molecule has 3 rings (SSSR count). The highest BCUT2D eigenvalue weighted by atomic mass is 32.2. The van der Waals surface area contributed by atoms with Crippen LogP contribution in [0.15, 0.2) is 42.5 Å². The Hall–Kier alpha value is -3.07. The number of ether oxygens (including phenoxy) is 1. The predicted octanol–water partition coefficient (Wildman–Crippen LogP) is 3.69. The highest BCUT2D eigenvalue weighted by Crippen LogP contribution is 2.32. The molecule has 1 unspecified atom stereocenters. The van der Waals surface area contributed by atoms with Crippen LogP contribution in [0.25, 0.3) is 17.3 Å². The summed E-state index contributed by atoms with van der Waals surface area (Å²) in [5, 5.41) is 0. The van der Waals surface area contributed by atoms with Gasteiger partial charge in [-0.25, -0.2) is 31.9 Å². The van der Waals surface area contributed by atoms with E-state index in [1.54, 1.807) is 30.4 Å². The summed E-state index contributed by atoms with van der Waals surface area (Å²) in [6.45, 7) is 3.86. The molecular weight excluding hydrogens is 421 g/mol. The molecule has 31 heavy (non-hydrogen) atoms. The molecule has 0 saturated heterocycles. The molecule has 1 atom stereocenters. The Labute approximate surface area is 181 Å². The van der Waals surface area contributed by atoms with Gasteiger partial charge in [-0.3, -0.25) is 0 Å². The number of carbonyl (C=O) groups is 1. The summed E-state index contributed by atoms with van der Waals surface area (Å²) in [7, 11) is -2.21. The van der Waals surface area contributed by atoms with E-state index in [-0.39, 0.29) is 11.9 Å². The fraction of sp³-hybridized carbons (Fsp3) is 0.318. The van der Waals surface area contributed by atoms with Gasteiger partial charge in [0.25, 0.3) is 0 Å². The van der Waals surface area contributed by atoms with Gasteiger partial charge in [0.1, 0.15) is 11.9 Å². The molecule has 2 aromatic rings. The highest BCUT2D eigenvalue weighted by Gasteiger charge is 2.22. The van der Waals surface area contributed by atoms with Crippen LogP contribution in [0.3, 0.4) is 0 Å². The second kappa shape index (κ2) is 8.97. The van der Waals surface area contributed by atoms with Crippen molar-refractivity contribution in [2.45, 2.75) is 32.3 Å². The Balaban J connectivity index is 2.19. The fourth-order valence-electron chi connectivity index (χ4n) is 3.05. The van der Waals surface area contributed by atoms with Crippen LogP contribution in [0.2, 0.25) is 0 Å². The summed E-state index contributed by atoms with van der Waals surface area (Å²) in [6.07, 6.45) is 7.83. The number of rotatable bonds is 6. The van der Waals surface area contributed by atoms with E-state index in [9.17, 15) is 17.6 Å². The minimum Gasteiger partial charge on any atom is -0.455 e. The van der Waals surface area contributed by atoms with Crippen LogP contribution in [0.1, 0.15) is 37.4 Å². The second-order valence-electron chi connectivity index (χ2n) is 7.54. The number of sulfonamides is 1. The molecule has 164 valence electrons. The largest absolute Gasteiger partial charge is 0.455 e. The van der Waals surface area contributed by atoms with E-state index in [0.717, 1.165) is 10.6 Å². The molecule has 0 saturated carbocycles. The van der Waals surface area contributed by atoms with Crippen LogP contribution in [0, 0.1) is 5.82 Å². The van der Waals surface area contributed by atoms with Crippen molar-refractivity contribution in [3.63, 3.8) is 0 Å². The van der Waals surface area contributed by atoms with Crippen LogP contribution in [0.4, 0.5) is 10.3 Å². The molecule has 1 aromatic heterocycles. The standard InChI is InChI=1S/C22H24FN3O4S/c1-14(2)20-18(13-12-17-6-5-7-19(27)30-17)21(15-8-10-16(23)11-9-15)25-22(24-20)26(3)31(4,28)29/h5,7-14,17H,6H2,1-4H3/b13-12+. The first-order chi connectivity index (χ1) is 14.6. The smallest absolute Gasteiger partial charge is 0.331 e. The number of benzene rings is 1. The summed E-state index contributed by atoms with van der Waals surface area (Å²) >= 11 is 0. The van der Waals surface area contributed by atoms with Crippen molar-refractivity contribution < 1.29 is 22.3 Å². The molecule has 0 fully saturated rings. The first-order valence-electron chi connectivity index (χ1n) is 9.73. The van der Waals surface area contributed by atoms with E-state index in [0.29, 0.717) is 28.9 Å². The first kappa shape index (κ1) is 22.6. The van der Waals surface area contributed by atoms with Gasteiger partial charge in [-0.15, -0.1) is 0 Å². The maximum atomic E-state index is 13.5. The van der Waals surface area contributed by atoms with E-state index < -0.39 is 27.9 Å². The lowest BCUT2D eigenvalue weighted by Gasteiger charge is -2.21. The molecule has 0 radical (unpaired) electrons. The van der Waals surface area contributed by atoms with Crippen LogP contribution in [-0.4, -0.2) is 43.8 Å². The lowest BCUT2D eigenvalue weighted by atomic mass is 9.97. The molecule has 7 nitrogen and oxygen atoms in total. The van der Waals surface area contributed by atoms with Crippen molar-refractivity contribution in [1.29, 1.82) is 0 Å². The van der Waals surface area contributed by atoms with E-state index in [4.69, 9.17) is 4.74 Å². The van der Waals surface area contributed by atoms with E-state index in [1.165, 1.54) is 25.3 Å². The Kier molecular flexibility index (Phi) is 6.54. The molecule has 0 aliphatic carbocycles. The van der Waals surface area contributed by atoms with Gasteiger partial charge < -0.3 is 4.74 Å². The summed E-state index contributed by atoms with van der Waals surface area (Å²) < 4.78 is 44.0. The molecule has 1 aromatic carbocycles. The Morgan fingerprint density at radius 1 is 1.23 bits per heavy atom. The SMILES string of the molecule is CC(C)c1nc(N(C)S(C)(=O)=O)nc(-c2ccc(F)cc2)c1/C=C/C1CC=CC(=O)O1. The molecule has 0 spiro atoms. The van der Waals surface area contributed by atoms with Gasteiger partial charge in [-0.1, -0.05) is 26.0 Å². The molecule has 2 heterocycles. The quantitative estimate of drug-likeness (QED) is 0.630. The van der Waals surface area contributed by atoms with Crippen LogP contribution < -0.4 is 4.31 Å². The van der Waals surface area contributed by atoms with E-state index in [1.807, 2.05) is 13.8 Å². The van der Waals surface area contributed by atoms with Gasteiger partial charge in [0.05, 0.1) is 17.6 Å². The normalized spacial score (nSPS) is 16.7. The molecule has 0 N–H and O–H groups in total. The summed E-state index contributed by atoms with van der Waals surface area (Å²) in [5.41, 5.74) is 2.33. The summed E-state index contributed by atoms with van der Waals surface area (Å²) in [4.78, 5) is 20.5. The number of halogens is 1. The minimum atomic E-state index is -3.59. The zero-order valence-corrected chi connectivity index (χ0v) is 18.6. The number of anilines is 1. The number of esters is 1. The average molecular weight is 446 g/mol. The Bertz CT molecular complexity index is 1140. The van der Waals surface area contributed by atoms with Gasteiger partial charge in [0.2, 0.25) is 16.0 Å². The molecule has 0 amide bonds. The van der Waals surface area contributed by atoms with E-state index >= 15 is 0 Å². The monoisotopic (exact) mass is 445 g/mol. The number of hydrogen-bond acceptors (Lipinski definition) is 6.